The summed E-state index contributed by atoms with van der Waals surface area (Å²) >= 11 is 0. The highest BCUT2D eigenvalue weighted by Gasteiger charge is 2.99. The van der Waals surface area contributed by atoms with Gasteiger partial charge in [0.2, 0.25) is 0 Å². The number of halogens is 38. The zero-order valence-electron chi connectivity index (χ0n) is 26.8. The summed E-state index contributed by atoms with van der Waals surface area (Å²) in [5.41, 5.74) is -3.59. The van der Waals surface area contributed by atoms with Gasteiger partial charge >= 0.3 is 113 Å². The Kier molecular flexibility index (Phi) is 13.7. The number of alkyl halides is 38. The zero-order valence-corrected chi connectivity index (χ0v) is 26.8. The molecule has 370 valence electrons. The van der Waals surface area contributed by atoms with Crippen LogP contribution in [0.15, 0.2) is 11.6 Å². The Balaban J connectivity index is 7.31. The van der Waals surface area contributed by atoms with Gasteiger partial charge in [-0.25, -0.2) is 4.79 Å². The lowest BCUT2D eigenvalue weighted by Crippen LogP contribution is -2.77. The van der Waals surface area contributed by atoms with E-state index < -0.39 is 132 Å². The van der Waals surface area contributed by atoms with Gasteiger partial charge in [-0.15, -0.1) is 0 Å². The highest BCUT2D eigenvalue weighted by molar-refractivity contribution is 5.88. The van der Waals surface area contributed by atoms with E-state index in [1.807, 2.05) is 0 Å². The van der Waals surface area contributed by atoms with Crippen LogP contribution in [0.3, 0.4) is 0 Å². The minimum atomic E-state index is -9.82. The number of esters is 1. The number of allylic oxidation sites excluding steroid dienone is 1. The molecule has 0 amide bonds. The van der Waals surface area contributed by atoms with Gasteiger partial charge in [-0.1, -0.05) is 0 Å². The maximum atomic E-state index is 14.0. The third kappa shape index (κ3) is 7.31. The third-order valence-corrected chi connectivity index (χ3v) is 7.17. The number of carbonyl (C=O) groups excluding carboxylic acids is 1. The number of hydrogen-bond donors (Lipinski definition) is 0. The summed E-state index contributed by atoms with van der Waals surface area (Å²) in [6, 6.07) is 0. The second-order valence-corrected chi connectivity index (χ2v) is 11.4. The van der Waals surface area contributed by atoms with E-state index in [9.17, 15) is 172 Å². The fourth-order valence-corrected chi connectivity index (χ4v) is 3.40. The standard InChI is InChI=1S/C22H4F38O2/c1-3(2-5(23,24)6(25,26)7(27,28)8(29,30)11(35,36)14(41,42)17(47,48)20(53,54)55)4(61)62-22(59,60)19(51,52)16(45,46)13(39,40)10(33,34)9(31,32)12(37,38)15(43,44)18(49,50)21(56,57)58/h2H,1H3. The second-order valence-electron chi connectivity index (χ2n) is 11.4. The van der Waals surface area contributed by atoms with Gasteiger partial charge in [0.1, 0.15) is 0 Å². The van der Waals surface area contributed by atoms with Crippen LogP contribution >= 0.6 is 0 Å². The molecule has 0 aromatic heterocycles. The molecule has 62 heavy (non-hydrogen) atoms. The molecule has 0 atom stereocenters. The van der Waals surface area contributed by atoms with Gasteiger partial charge in [-0.2, -0.15) is 167 Å². The quantitative estimate of drug-likeness (QED) is 0.0824. The van der Waals surface area contributed by atoms with Crippen LogP contribution in [0.25, 0.3) is 0 Å². The molecule has 0 aliphatic carbocycles. The summed E-state index contributed by atoms with van der Waals surface area (Å²) in [6.07, 6.45) is -28.0. The molecule has 0 unspecified atom stereocenters. The van der Waals surface area contributed by atoms with Crippen molar-refractivity contribution < 1.29 is 176 Å². The molecule has 0 N–H and O–H groups in total. The van der Waals surface area contributed by atoms with Crippen molar-refractivity contribution in [1.82, 2.24) is 0 Å². The Morgan fingerprint density at radius 3 is 0.677 bits per heavy atom. The molecule has 40 heteroatoms. The highest BCUT2D eigenvalue weighted by atomic mass is 19.4. The summed E-state index contributed by atoms with van der Waals surface area (Å²) < 4.78 is 509. The summed E-state index contributed by atoms with van der Waals surface area (Å²) in [7, 11) is 0. The molecule has 0 aromatic rings. The minimum absolute atomic E-state index is 1.19. The average Bonchev–Trinajstić information content (AvgIpc) is 3.01. The number of hydrogen-bond acceptors (Lipinski definition) is 2. The number of rotatable bonds is 17. The molecule has 0 aliphatic rings. The monoisotopic (exact) mass is 1020 g/mol. The van der Waals surface area contributed by atoms with E-state index in [-0.39, 0.29) is 0 Å². The predicted octanol–water partition coefficient (Wildman–Crippen LogP) is 12.7. The molecule has 0 fully saturated rings. The van der Waals surface area contributed by atoms with Crippen molar-refractivity contribution in [2.75, 3.05) is 0 Å². The average molecular weight is 1020 g/mol. The van der Waals surface area contributed by atoms with Crippen LogP contribution in [0, 0.1) is 0 Å². The van der Waals surface area contributed by atoms with Crippen molar-refractivity contribution in [3.8, 4) is 0 Å². The number of carbonyl (C=O) groups is 1. The molecule has 0 rings (SSSR count). The maximum Gasteiger partial charge on any atom is 0.473 e. The van der Waals surface area contributed by atoms with E-state index in [0.717, 1.165) is 0 Å². The largest absolute Gasteiger partial charge is 0.473 e. The summed E-state index contributed by atoms with van der Waals surface area (Å²) in [6.45, 7) is -1.19. The molecule has 0 aromatic carbocycles. The Morgan fingerprint density at radius 1 is 0.290 bits per heavy atom. The van der Waals surface area contributed by atoms with Crippen molar-refractivity contribution in [3.05, 3.63) is 11.6 Å². The first-order valence-electron chi connectivity index (χ1n) is 13.1. The van der Waals surface area contributed by atoms with E-state index in [1.165, 1.54) is 0 Å². The van der Waals surface area contributed by atoms with Crippen molar-refractivity contribution in [2.45, 2.75) is 114 Å². The Bertz CT molecular complexity index is 1680. The van der Waals surface area contributed by atoms with Crippen LogP contribution in [0.4, 0.5) is 167 Å². The van der Waals surface area contributed by atoms with Gasteiger partial charge in [0, 0.05) is 11.6 Å². The first-order chi connectivity index (χ1) is 26.0. The third-order valence-electron chi connectivity index (χ3n) is 7.17. The van der Waals surface area contributed by atoms with Crippen LogP contribution in [-0.4, -0.2) is 113 Å². The molecule has 0 spiro atoms. The zero-order chi connectivity index (χ0) is 51.6. The fraction of sp³-hybridized carbons (Fsp3) is 0.864. The van der Waals surface area contributed by atoms with Crippen LogP contribution in [0.1, 0.15) is 6.92 Å². The first kappa shape index (κ1) is 58.6. The van der Waals surface area contributed by atoms with E-state index in [2.05, 4.69) is 0 Å². The normalized spacial score (nSPS) is 17.1. The van der Waals surface area contributed by atoms with Crippen molar-refractivity contribution in [2.24, 2.45) is 0 Å². The molecule has 0 radical (unpaired) electrons. The van der Waals surface area contributed by atoms with Gasteiger partial charge in [-0.3, -0.25) is 0 Å². The lowest BCUT2D eigenvalue weighted by molar-refractivity contribution is -0.482. The fourth-order valence-electron chi connectivity index (χ4n) is 3.40. The van der Waals surface area contributed by atoms with E-state index >= 15 is 0 Å². The van der Waals surface area contributed by atoms with E-state index in [4.69, 9.17) is 0 Å². The van der Waals surface area contributed by atoms with Gasteiger partial charge in [-0.05, 0) is 6.92 Å². The van der Waals surface area contributed by atoms with Crippen LogP contribution in [0.5, 0.6) is 0 Å². The Hall–Kier alpha value is -3.45. The first-order valence-corrected chi connectivity index (χ1v) is 13.1. The molecule has 2 nitrogen and oxygen atoms in total. The van der Waals surface area contributed by atoms with Gasteiger partial charge in [0.25, 0.3) is 0 Å². The lowest BCUT2D eigenvalue weighted by atomic mass is 9.87. The number of ether oxygens (including phenoxy) is 1. The highest BCUT2D eigenvalue weighted by Crippen LogP contribution is 2.67. The van der Waals surface area contributed by atoms with Crippen molar-refractivity contribution in [3.63, 3.8) is 0 Å². The summed E-state index contributed by atoms with van der Waals surface area (Å²) in [4.78, 5) is 11.4. The molecule has 0 saturated heterocycles. The van der Waals surface area contributed by atoms with E-state index in [0.29, 0.717) is 0 Å². The molecule has 0 heterocycles. The Morgan fingerprint density at radius 2 is 0.468 bits per heavy atom. The summed E-state index contributed by atoms with van der Waals surface area (Å²) in [5, 5.41) is 0. The smallest absolute Gasteiger partial charge is 0.393 e. The minimum Gasteiger partial charge on any atom is -0.393 e. The van der Waals surface area contributed by atoms with Gasteiger partial charge in [0.05, 0.1) is 0 Å². The maximum absolute atomic E-state index is 14.0. The SMILES string of the molecule is CC(=CC(F)(F)C(F)(F)C(F)(F)C(F)(F)C(F)(F)C(F)(F)C(F)(F)C(F)(F)F)C(=O)OC(F)(F)C(F)(F)C(F)(F)C(F)(F)C(F)(F)C(F)(F)C(F)(F)C(F)(F)C(F)(F)C(F)(F)F. The molecular weight excluding hydrogens is 1020 g/mol. The molecular formula is C22H4F38O2. The lowest BCUT2D eigenvalue weighted by Gasteiger charge is -2.44. The Labute approximate surface area is 309 Å². The molecule has 0 aliphatic heterocycles. The van der Waals surface area contributed by atoms with Crippen LogP contribution in [-0.2, 0) is 9.53 Å². The van der Waals surface area contributed by atoms with Crippen molar-refractivity contribution in [1.29, 1.82) is 0 Å². The van der Waals surface area contributed by atoms with Crippen LogP contribution < -0.4 is 0 Å². The summed E-state index contributed by atoms with van der Waals surface area (Å²) in [5.74, 6) is -143. The van der Waals surface area contributed by atoms with Gasteiger partial charge < -0.3 is 4.74 Å². The van der Waals surface area contributed by atoms with E-state index in [1.54, 1.807) is 4.74 Å². The predicted molar refractivity (Wildman–Crippen MR) is 111 cm³/mol. The van der Waals surface area contributed by atoms with Crippen LogP contribution in [0.2, 0.25) is 0 Å². The molecule has 0 saturated carbocycles. The molecule has 0 bridgehead atoms. The van der Waals surface area contributed by atoms with Crippen molar-refractivity contribution >= 4 is 5.97 Å². The second kappa shape index (κ2) is 14.5. The van der Waals surface area contributed by atoms with Gasteiger partial charge in [0.15, 0.2) is 0 Å². The topological polar surface area (TPSA) is 26.3 Å².